The summed E-state index contributed by atoms with van der Waals surface area (Å²) in [6, 6.07) is 25.9. The fourth-order valence-electron chi connectivity index (χ4n) is 5.24. The summed E-state index contributed by atoms with van der Waals surface area (Å²) in [6.07, 6.45) is 1.87. The van der Waals surface area contributed by atoms with Gasteiger partial charge < -0.3 is 15.2 Å². The molecule has 5 nitrogen and oxygen atoms in total. The number of carbonyl (C=O) groups excluding carboxylic acids is 1. The predicted molar refractivity (Wildman–Crippen MR) is 142 cm³/mol. The van der Waals surface area contributed by atoms with Gasteiger partial charge in [-0.15, -0.1) is 0 Å². The van der Waals surface area contributed by atoms with Crippen LogP contribution in [0.25, 0.3) is 11.1 Å². The van der Waals surface area contributed by atoms with Crippen molar-refractivity contribution in [3.05, 3.63) is 107 Å². The first-order valence-electron chi connectivity index (χ1n) is 12.4. The Bertz CT molecular complexity index is 1200. The van der Waals surface area contributed by atoms with E-state index in [4.69, 9.17) is 4.74 Å². The van der Waals surface area contributed by atoms with E-state index in [1.807, 2.05) is 81.4 Å². The lowest BCUT2D eigenvalue weighted by molar-refractivity contribution is -0.141. The van der Waals surface area contributed by atoms with E-state index in [9.17, 15) is 14.7 Å². The van der Waals surface area contributed by atoms with E-state index in [1.165, 1.54) is 11.1 Å². The van der Waals surface area contributed by atoms with Crippen LogP contribution in [-0.4, -0.2) is 29.8 Å². The van der Waals surface area contributed by atoms with E-state index in [1.54, 1.807) is 0 Å². The number of benzene rings is 3. The fraction of sp³-hybridized carbons (Fsp3) is 0.290. The van der Waals surface area contributed by atoms with Crippen LogP contribution >= 0.6 is 0 Å². The summed E-state index contributed by atoms with van der Waals surface area (Å²) in [5.41, 5.74) is 6.43. The van der Waals surface area contributed by atoms with Crippen LogP contribution in [0.3, 0.4) is 0 Å². The average molecular weight is 484 g/mol. The molecule has 0 bridgehead atoms. The first-order valence-corrected chi connectivity index (χ1v) is 12.4. The zero-order valence-electron chi connectivity index (χ0n) is 21.0. The number of aliphatic carboxylic acids is 1. The molecule has 5 heteroatoms. The number of hydrogen-bond acceptors (Lipinski definition) is 3. The molecule has 0 radical (unpaired) electrons. The van der Waals surface area contributed by atoms with E-state index >= 15 is 0 Å². The topological polar surface area (TPSA) is 75.6 Å². The van der Waals surface area contributed by atoms with Crippen molar-refractivity contribution < 1.29 is 19.4 Å². The molecule has 4 rings (SSSR count). The van der Waals surface area contributed by atoms with Crippen molar-refractivity contribution in [2.24, 2.45) is 11.8 Å². The third-order valence-corrected chi connectivity index (χ3v) is 6.83. The standard InChI is InChI=1S/C31H33NO4/c1-20(2)29(30(33)34)21(3)17-23(18-22-11-5-4-6-12-22)32-31(35)36-19-28-26-15-9-7-13-24(26)25-14-8-10-16-27(25)28/h4-17,20,23,28-29H,18-19H2,1-3H3,(H,32,35)(H,33,34)/b21-17-/t23-,29+/m0/s1. The summed E-state index contributed by atoms with van der Waals surface area (Å²) in [5.74, 6) is -1.57. The van der Waals surface area contributed by atoms with Crippen molar-refractivity contribution in [2.75, 3.05) is 6.61 Å². The van der Waals surface area contributed by atoms with Crippen molar-refractivity contribution in [2.45, 2.75) is 39.2 Å². The SMILES string of the molecule is C/C(=C/[C@@H](Cc1ccccc1)NC(=O)OCC1c2ccccc2-c2ccccc21)[C@H](C(=O)O)C(C)C. The van der Waals surface area contributed by atoms with Gasteiger partial charge in [0.25, 0.3) is 0 Å². The van der Waals surface area contributed by atoms with Gasteiger partial charge in [-0.25, -0.2) is 4.79 Å². The summed E-state index contributed by atoms with van der Waals surface area (Å²) >= 11 is 0. The Morgan fingerprint density at radius 3 is 2.03 bits per heavy atom. The number of carboxylic acid groups (broad SMARTS) is 1. The molecule has 0 saturated carbocycles. The molecule has 0 aliphatic heterocycles. The van der Waals surface area contributed by atoms with Crippen molar-refractivity contribution in [3.63, 3.8) is 0 Å². The van der Waals surface area contributed by atoms with Crippen LogP contribution in [0, 0.1) is 11.8 Å². The first-order chi connectivity index (χ1) is 17.3. The minimum absolute atomic E-state index is 0.0228. The van der Waals surface area contributed by atoms with Gasteiger partial charge in [0.2, 0.25) is 0 Å². The van der Waals surface area contributed by atoms with Crippen LogP contribution in [0.4, 0.5) is 4.79 Å². The first kappa shape index (κ1) is 25.2. The maximum absolute atomic E-state index is 13.0. The average Bonchev–Trinajstić information content (AvgIpc) is 3.16. The van der Waals surface area contributed by atoms with Crippen molar-refractivity contribution in [1.82, 2.24) is 5.32 Å². The molecular weight excluding hydrogens is 450 g/mol. The number of nitrogens with one attached hydrogen (secondary N) is 1. The highest BCUT2D eigenvalue weighted by molar-refractivity contribution is 5.79. The van der Waals surface area contributed by atoms with Gasteiger partial charge in [-0.2, -0.15) is 0 Å². The lowest BCUT2D eigenvalue weighted by atomic mass is 9.87. The van der Waals surface area contributed by atoms with E-state index < -0.39 is 24.0 Å². The molecule has 186 valence electrons. The largest absolute Gasteiger partial charge is 0.481 e. The number of carbonyl (C=O) groups is 2. The molecule has 0 spiro atoms. The van der Waals surface area contributed by atoms with Gasteiger partial charge in [-0.05, 0) is 47.1 Å². The van der Waals surface area contributed by atoms with Crippen LogP contribution in [0.2, 0.25) is 0 Å². The summed E-state index contributed by atoms with van der Waals surface area (Å²) in [6.45, 7) is 5.82. The normalized spacial score (nSPS) is 14.6. The van der Waals surface area contributed by atoms with Crippen LogP contribution in [0.5, 0.6) is 0 Å². The van der Waals surface area contributed by atoms with Gasteiger partial charge in [0.15, 0.2) is 0 Å². The zero-order chi connectivity index (χ0) is 25.7. The van der Waals surface area contributed by atoms with Gasteiger partial charge in [-0.3, -0.25) is 4.79 Å². The minimum Gasteiger partial charge on any atom is -0.481 e. The summed E-state index contributed by atoms with van der Waals surface area (Å²) in [7, 11) is 0. The minimum atomic E-state index is -0.863. The molecule has 2 N–H and O–H groups in total. The Labute approximate surface area is 212 Å². The number of ether oxygens (including phenoxy) is 1. The predicted octanol–water partition coefficient (Wildman–Crippen LogP) is 6.44. The van der Waals surface area contributed by atoms with E-state index in [0.29, 0.717) is 6.42 Å². The van der Waals surface area contributed by atoms with Crippen LogP contribution < -0.4 is 5.32 Å². The van der Waals surface area contributed by atoms with E-state index in [2.05, 4.69) is 29.6 Å². The van der Waals surface area contributed by atoms with Gasteiger partial charge in [0.05, 0.1) is 12.0 Å². The number of rotatable bonds is 9. The molecule has 0 unspecified atom stereocenters. The maximum Gasteiger partial charge on any atom is 0.407 e. The Balaban J connectivity index is 1.50. The second-order valence-electron chi connectivity index (χ2n) is 9.74. The molecular formula is C31H33NO4. The highest BCUT2D eigenvalue weighted by Gasteiger charge is 2.29. The second-order valence-corrected chi connectivity index (χ2v) is 9.74. The van der Waals surface area contributed by atoms with Crippen LogP contribution in [-0.2, 0) is 16.0 Å². The summed E-state index contributed by atoms with van der Waals surface area (Å²) in [4.78, 5) is 24.8. The quantitative estimate of drug-likeness (QED) is 0.344. The molecule has 1 aliphatic rings. The Morgan fingerprint density at radius 2 is 1.47 bits per heavy atom. The Morgan fingerprint density at radius 1 is 0.917 bits per heavy atom. The molecule has 0 fully saturated rings. The van der Waals surface area contributed by atoms with Gasteiger partial charge in [-0.1, -0.05) is 104 Å². The van der Waals surface area contributed by atoms with Gasteiger partial charge in [0.1, 0.15) is 6.61 Å². The fourth-order valence-corrected chi connectivity index (χ4v) is 5.24. The van der Waals surface area contributed by atoms with E-state index in [-0.39, 0.29) is 18.4 Å². The highest BCUT2D eigenvalue weighted by Crippen LogP contribution is 2.44. The molecule has 3 aromatic rings. The Kier molecular flexibility index (Phi) is 7.89. The zero-order valence-corrected chi connectivity index (χ0v) is 21.0. The third kappa shape index (κ3) is 5.68. The van der Waals surface area contributed by atoms with E-state index in [0.717, 1.165) is 22.3 Å². The molecule has 0 aromatic heterocycles. The van der Waals surface area contributed by atoms with Crippen LogP contribution in [0.15, 0.2) is 90.5 Å². The summed E-state index contributed by atoms with van der Waals surface area (Å²) in [5, 5.41) is 12.7. The number of amides is 1. The second kappa shape index (κ2) is 11.3. The van der Waals surface area contributed by atoms with Crippen molar-refractivity contribution in [1.29, 1.82) is 0 Å². The number of hydrogen-bond donors (Lipinski definition) is 2. The van der Waals surface area contributed by atoms with Gasteiger partial charge in [0, 0.05) is 5.92 Å². The molecule has 2 atom stereocenters. The van der Waals surface area contributed by atoms with Crippen LogP contribution in [0.1, 0.15) is 43.4 Å². The summed E-state index contributed by atoms with van der Waals surface area (Å²) < 4.78 is 5.75. The molecule has 0 heterocycles. The molecule has 1 amide bonds. The van der Waals surface area contributed by atoms with Gasteiger partial charge >= 0.3 is 12.1 Å². The Hall–Kier alpha value is -3.86. The monoisotopic (exact) mass is 483 g/mol. The molecule has 0 saturated heterocycles. The number of carboxylic acids is 1. The molecule has 1 aliphatic carbocycles. The van der Waals surface area contributed by atoms with Crippen molar-refractivity contribution in [3.8, 4) is 11.1 Å². The van der Waals surface area contributed by atoms with Crippen molar-refractivity contribution >= 4 is 12.1 Å². The third-order valence-electron chi connectivity index (χ3n) is 6.83. The lowest BCUT2D eigenvalue weighted by Crippen LogP contribution is -2.37. The highest BCUT2D eigenvalue weighted by atomic mass is 16.5. The maximum atomic E-state index is 13.0. The number of alkyl carbamates (subject to hydrolysis) is 1. The molecule has 3 aromatic carbocycles. The smallest absolute Gasteiger partial charge is 0.407 e. The number of fused-ring (bicyclic) bond motifs is 3. The lowest BCUT2D eigenvalue weighted by Gasteiger charge is -2.22. The molecule has 36 heavy (non-hydrogen) atoms.